The molecule has 0 spiro atoms. The van der Waals surface area contributed by atoms with Gasteiger partial charge < -0.3 is 15.4 Å². The van der Waals surface area contributed by atoms with E-state index in [1.54, 1.807) is 25.4 Å². The molecule has 1 aromatic carbocycles. The Morgan fingerprint density at radius 1 is 1.23 bits per heavy atom. The molecule has 2 rings (SSSR count). The summed E-state index contributed by atoms with van der Waals surface area (Å²) in [5.74, 6) is 1.07. The summed E-state index contributed by atoms with van der Waals surface area (Å²) >= 11 is 0. The number of hydrogen-bond acceptors (Lipinski definition) is 3. The van der Waals surface area contributed by atoms with E-state index in [1.807, 2.05) is 25.1 Å². The molecule has 0 radical (unpaired) electrons. The summed E-state index contributed by atoms with van der Waals surface area (Å²) in [7, 11) is 1.59. The highest BCUT2D eigenvalue weighted by Gasteiger charge is 2.21. The molecule has 0 aliphatic heterocycles. The van der Waals surface area contributed by atoms with Gasteiger partial charge in [-0.1, -0.05) is 26.0 Å². The van der Waals surface area contributed by atoms with Crippen LogP contribution in [0.2, 0.25) is 0 Å². The van der Waals surface area contributed by atoms with Gasteiger partial charge in [-0.15, -0.1) is 0 Å². The minimum Gasteiger partial charge on any atom is -0.481 e. The third kappa shape index (κ3) is 5.72. The predicted molar refractivity (Wildman–Crippen MR) is 103 cm³/mol. The van der Waals surface area contributed by atoms with E-state index >= 15 is 0 Å². The van der Waals surface area contributed by atoms with Gasteiger partial charge in [0.05, 0.1) is 13.7 Å². The van der Waals surface area contributed by atoms with Crippen molar-refractivity contribution in [2.24, 2.45) is 4.99 Å². The lowest BCUT2D eigenvalue weighted by atomic mass is 9.84. The summed E-state index contributed by atoms with van der Waals surface area (Å²) in [6, 6.07) is 10.5. The summed E-state index contributed by atoms with van der Waals surface area (Å²) in [6.45, 7) is 8.06. The topological polar surface area (TPSA) is 58.5 Å². The number of benzene rings is 1. The van der Waals surface area contributed by atoms with Crippen LogP contribution >= 0.6 is 0 Å². The van der Waals surface area contributed by atoms with Gasteiger partial charge in [0, 0.05) is 30.8 Å². The smallest absolute Gasteiger partial charge is 0.213 e. The van der Waals surface area contributed by atoms with E-state index in [1.165, 1.54) is 6.07 Å². The van der Waals surface area contributed by atoms with E-state index in [0.717, 1.165) is 17.7 Å². The van der Waals surface area contributed by atoms with Crippen LogP contribution in [0.1, 0.15) is 31.9 Å². The van der Waals surface area contributed by atoms with Crippen LogP contribution in [-0.2, 0) is 12.0 Å². The molecule has 0 aliphatic carbocycles. The fourth-order valence-electron chi connectivity index (χ4n) is 2.49. The van der Waals surface area contributed by atoms with Gasteiger partial charge in [0.25, 0.3) is 0 Å². The molecule has 6 heteroatoms. The highest BCUT2D eigenvalue weighted by atomic mass is 19.1. The van der Waals surface area contributed by atoms with Crippen LogP contribution < -0.4 is 15.4 Å². The Balaban J connectivity index is 2.04. The SMILES string of the molecule is CCNC(=NCc1ccnc(OC)c1)NCC(C)(C)c1cccc(F)c1. The fraction of sp³-hybridized carbons (Fsp3) is 0.400. The summed E-state index contributed by atoms with van der Waals surface area (Å²) in [6.07, 6.45) is 1.71. The Morgan fingerprint density at radius 3 is 2.73 bits per heavy atom. The first-order valence-electron chi connectivity index (χ1n) is 8.72. The number of aromatic nitrogens is 1. The number of rotatable bonds is 7. The average Bonchev–Trinajstić information content (AvgIpc) is 2.64. The molecular weight excluding hydrogens is 331 g/mol. The molecule has 5 nitrogen and oxygen atoms in total. The molecule has 0 aliphatic rings. The van der Waals surface area contributed by atoms with E-state index in [9.17, 15) is 4.39 Å². The maximum atomic E-state index is 13.5. The molecule has 0 saturated carbocycles. The Labute approximate surface area is 154 Å². The van der Waals surface area contributed by atoms with Crippen LogP contribution in [-0.4, -0.2) is 31.1 Å². The molecule has 2 aromatic rings. The Kier molecular flexibility index (Phi) is 6.95. The van der Waals surface area contributed by atoms with Gasteiger partial charge in [-0.25, -0.2) is 14.4 Å². The zero-order chi connectivity index (χ0) is 19.0. The highest BCUT2D eigenvalue weighted by molar-refractivity contribution is 5.79. The van der Waals surface area contributed by atoms with E-state index in [2.05, 4.69) is 34.5 Å². The number of methoxy groups -OCH3 is 1. The van der Waals surface area contributed by atoms with E-state index in [-0.39, 0.29) is 11.2 Å². The minimum atomic E-state index is -0.238. The Hall–Kier alpha value is -2.63. The van der Waals surface area contributed by atoms with Crippen molar-refractivity contribution < 1.29 is 9.13 Å². The zero-order valence-corrected chi connectivity index (χ0v) is 15.8. The number of halogens is 1. The highest BCUT2D eigenvalue weighted by Crippen LogP contribution is 2.22. The number of nitrogens with one attached hydrogen (secondary N) is 2. The van der Waals surface area contributed by atoms with Crippen molar-refractivity contribution >= 4 is 5.96 Å². The number of nitrogens with zero attached hydrogens (tertiary/aromatic N) is 2. The predicted octanol–water partition coefficient (Wildman–Crippen LogP) is 3.26. The van der Waals surface area contributed by atoms with Crippen molar-refractivity contribution in [2.75, 3.05) is 20.2 Å². The molecule has 140 valence electrons. The minimum absolute atomic E-state index is 0.220. The Morgan fingerprint density at radius 2 is 2.04 bits per heavy atom. The van der Waals surface area contributed by atoms with Gasteiger partial charge in [0.2, 0.25) is 5.88 Å². The number of aliphatic imine (C=N–C) groups is 1. The van der Waals surface area contributed by atoms with Crippen molar-refractivity contribution in [3.63, 3.8) is 0 Å². The van der Waals surface area contributed by atoms with Gasteiger partial charge in [-0.2, -0.15) is 0 Å². The van der Waals surface area contributed by atoms with Crippen LogP contribution in [0.4, 0.5) is 4.39 Å². The number of guanidine groups is 1. The second-order valence-electron chi connectivity index (χ2n) is 6.65. The quantitative estimate of drug-likeness (QED) is 0.589. The van der Waals surface area contributed by atoms with Crippen molar-refractivity contribution in [3.8, 4) is 5.88 Å². The van der Waals surface area contributed by atoms with E-state index in [4.69, 9.17) is 4.74 Å². The first-order valence-corrected chi connectivity index (χ1v) is 8.72. The third-order valence-electron chi connectivity index (χ3n) is 4.08. The number of hydrogen-bond donors (Lipinski definition) is 2. The van der Waals surface area contributed by atoms with Gasteiger partial charge >= 0.3 is 0 Å². The molecule has 0 bridgehead atoms. The number of pyridine rings is 1. The van der Waals surface area contributed by atoms with Crippen LogP contribution in [0.25, 0.3) is 0 Å². The average molecular weight is 358 g/mol. The normalized spacial score (nSPS) is 12.0. The zero-order valence-electron chi connectivity index (χ0n) is 15.8. The maximum Gasteiger partial charge on any atom is 0.213 e. The standard InChI is InChI=1S/C20H27FN4O/c1-5-22-19(24-13-15-9-10-23-18(11-15)26-4)25-14-20(2,3)16-7-6-8-17(21)12-16/h6-12H,5,13-14H2,1-4H3,(H2,22,24,25). The van der Waals surface area contributed by atoms with Crippen molar-refractivity contribution in [1.82, 2.24) is 15.6 Å². The molecule has 0 fully saturated rings. The summed E-state index contributed by atoms with van der Waals surface area (Å²) in [4.78, 5) is 8.71. The summed E-state index contributed by atoms with van der Waals surface area (Å²) in [5, 5.41) is 6.58. The van der Waals surface area contributed by atoms with Crippen molar-refractivity contribution in [2.45, 2.75) is 32.7 Å². The molecular formula is C20H27FN4O. The first kappa shape index (κ1) is 19.7. The van der Waals surface area contributed by atoms with Crippen LogP contribution in [0.15, 0.2) is 47.6 Å². The molecule has 0 saturated heterocycles. The largest absolute Gasteiger partial charge is 0.481 e. The summed E-state index contributed by atoms with van der Waals surface area (Å²) in [5.41, 5.74) is 1.72. The third-order valence-corrected chi connectivity index (χ3v) is 4.08. The molecule has 0 unspecified atom stereocenters. The molecule has 1 aromatic heterocycles. The van der Waals surface area contributed by atoms with Crippen molar-refractivity contribution in [3.05, 3.63) is 59.5 Å². The lowest BCUT2D eigenvalue weighted by Crippen LogP contribution is -2.43. The number of ether oxygens (including phenoxy) is 1. The second-order valence-corrected chi connectivity index (χ2v) is 6.65. The van der Waals surface area contributed by atoms with Gasteiger partial charge in [-0.05, 0) is 36.2 Å². The maximum absolute atomic E-state index is 13.5. The van der Waals surface area contributed by atoms with Crippen LogP contribution in [0, 0.1) is 5.82 Å². The molecule has 0 atom stereocenters. The monoisotopic (exact) mass is 358 g/mol. The van der Waals surface area contributed by atoms with Gasteiger partial charge in [0.1, 0.15) is 5.82 Å². The Bertz CT molecular complexity index is 746. The fourth-order valence-corrected chi connectivity index (χ4v) is 2.49. The lowest BCUT2D eigenvalue weighted by Gasteiger charge is -2.27. The van der Waals surface area contributed by atoms with Crippen LogP contribution in [0.3, 0.4) is 0 Å². The van der Waals surface area contributed by atoms with Crippen molar-refractivity contribution in [1.29, 1.82) is 0 Å². The van der Waals surface area contributed by atoms with Gasteiger partial charge in [-0.3, -0.25) is 0 Å². The van der Waals surface area contributed by atoms with E-state index < -0.39 is 0 Å². The molecule has 0 amide bonds. The van der Waals surface area contributed by atoms with Crippen LogP contribution in [0.5, 0.6) is 5.88 Å². The lowest BCUT2D eigenvalue weighted by molar-refractivity contribution is 0.397. The first-order chi connectivity index (χ1) is 12.4. The molecule has 2 N–H and O–H groups in total. The molecule has 26 heavy (non-hydrogen) atoms. The van der Waals surface area contributed by atoms with E-state index in [0.29, 0.717) is 24.9 Å². The summed E-state index contributed by atoms with van der Waals surface area (Å²) < 4.78 is 18.7. The molecule has 1 heterocycles. The second kappa shape index (κ2) is 9.17. The van der Waals surface area contributed by atoms with Gasteiger partial charge in [0.15, 0.2) is 5.96 Å².